The zero-order valence-corrected chi connectivity index (χ0v) is 8.06. The van der Waals surface area contributed by atoms with Gasteiger partial charge in [0.2, 0.25) is 0 Å². The van der Waals surface area contributed by atoms with Gasteiger partial charge in [-0.05, 0) is 11.0 Å². The van der Waals surface area contributed by atoms with Crippen LogP contribution in [0.2, 0.25) is 0 Å². The van der Waals surface area contributed by atoms with Gasteiger partial charge < -0.3 is 16.4 Å². The summed E-state index contributed by atoms with van der Waals surface area (Å²) in [5.74, 6) is 0. The quantitative estimate of drug-likeness (QED) is 0.458. The van der Waals surface area contributed by atoms with Gasteiger partial charge in [-0.3, -0.25) is 0 Å². The van der Waals surface area contributed by atoms with E-state index < -0.39 is 0 Å². The second-order valence-electron chi connectivity index (χ2n) is 0. The molecule has 6 heteroatoms. The van der Waals surface area contributed by atoms with Gasteiger partial charge in [-0.2, -0.15) is 0 Å². The Labute approximate surface area is 91.4 Å². The summed E-state index contributed by atoms with van der Waals surface area (Å²) in [6, 6.07) is 0. The molecule has 0 aromatic rings. The maximum atomic E-state index is 0. The van der Waals surface area contributed by atoms with Crippen LogP contribution in [0.15, 0.2) is 0 Å². The van der Waals surface area contributed by atoms with E-state index in [-0.39, 0.29) is 92.8 Å². The fourth-order valence-electron chi connectivity index (χ4n) is 0. The maximum Gasteiger partial charge on any atom is 3.00 e. The molecule has 0 saturated carbocycles. The third-order valence-electron chi connectivity index (χ3n) is 0. The Bertz CT molecular complexity index is 8.75. The van der Waals surface area contributed by atoms with Crippen molar-refractivity contribution < 1.29 is 81.8 Å². The normalized spacial score (nSPS) is 0. The van der Waals surface area contributed by atoms with Crippen LogP contribution in [0.4, 0.5) is 0 Å². The van der Waals surface area contributed by atoms with Gasteiger partial charge in [0.15, 0.2) is 0 Å². The van der Waals surface area contributed by atoms with Crippen molar-refractivity contribution >= 4 is 11.0 Å². The fraction of sp³-hybridized carbons (Fsp3) is 0. The Kier molecular flexibility index (Phi) is 760. The van der Waals surface area contributed by atoms with Crippen LogP contribution >= 0.6 is 0 Å². The van der Waals surface area contributed by atoms with Crippen LogP contribution in [0.25, 0.3) is 0 Å². The molecule has 0 aliphatic heterocycles. The first-order valence-electron chi connectivity index (χ1n) is 0. The molecule has 0 aliphatic rings. The van der Waals surface area contributed by atoms with Gasteiger partial charge in [-0.25, -0.2) is 0 Å². The van der Waals surface area contributed by atoms with Crippen molar-refractivity contribution in [2.45, 2.75) is 0 Å². The summed E-state index contributed by atoms with van der Waals surface area (Å²) in [5, 5.41) is 0. The summed E-state index contributed by atoms with van der Waals surface area (Å²) >= 11 is 0. The molecule has 0 N–H and O–H groups in total. The van der Waals surface area contributed by atoms with E-state index in [0.29, 0.717) is 0 Å². The van der Waals surface area contributed by atoms with E-state index in [9.17, 15) is 0 Å². The molecular formula is H4O3SiY2. The first-order valence-corrected chi connectivity index (χ1v) is 0. The van der Waals surface area contributed by atoms with Crippen LogP contribution in [0.5, 0.6) is 0 Å². The Morgan fingerprint density at radius 1 is 0.500 bits per heavy atom. The van der Waals surface area contributed by atoms with Crippen LogP contribution in [0, 0.1) is 0 Å². The third-order valence-corrected chi connectivity index (χ3v) is 0. The summed E-state index contributed by atoms with van der Waals surface area (Å²) in [7, 11) is 0. The topological polar surface area (TPSA) is 85.5 Å². The third kappa shape index (κ3) is 33.4. The average molecular weight is 258 g/mol. The van der Waals surface area contributed by atoms with Crippen molar-refractivity contribution in [3.05, 3.63) is 0 Å². The standard InChI is InChI=1S/3O.H4Si.2Y/h;;;1H4;;/q3*-2;;2*+3. The van der Waals surface area contributed by atoms with Crippen LogP contribution in [0.3, 0.4) is 0 Å². The molecule has 0 aromatic carbocycles. The Morgan fingerprint density at radius 2 is 0.500 bits per heavy atom. The number of hydrogen-bond donors (Lipinski definition) is 0. The molecule has 0 rings (SSSR count). The maximum absolute atomic E-state index is 0. The van der Waals surface area contributed by atoms with Gasteiger partial charge in [0.25, 0.3) is 0 Å². The summed E-state index contributed by atoms with van der Waals surface area (Å²) in [4.78, 5) is 0. The summed E-state index contributed by atoms with van der Waals surface area (Å²) < 4.78 is 0. The van der Waals surface area contributed by atoms with Crippen LogP contribution in [-0.2, 0) is 81.8 Å². The number of hydrogen-bond acceptors (Lipinski definition) is 0. The van der Waals surface area contributed by atoms with E-state index in [4.69, 9.17) is 0 Å². The van der Waals surface area contributed by atoms with E-state index in [2.05, 4.69) is 0 Å². The van der Waals surface area contributed by atoms with E-state index in [0.717, 1.165) is 0 Å². The van der Waals surface area contributed by atoms with Crippen molar-refractivity contribution in [1.82, 2.24) is 0 Å². The van der Waals surface area contributed by atoms with Crippen molar-refractivity contribution in [3.8, 4) is 0 Å². The van der Waals surface area contributed by atoms with E-state index in [1.54, 1.807) is 0 Å². The average Bonchev–Trinajstić information content (AvgIpc) is 0. The molecule has 0 fully saturated rings. The minimum atomic E-state index is 0. The first-order chi connectivity index (χ1) is 0. The molecule has 0 radical (unpaired) electrons. The van der Waals surface area contributed by atoms with Gasteiger partial charge in [-0.1, -0.05) is 0 Å². The molecule has 0 atom stereocenters. The first kappa shape index (κ1) is 83.4. The molecule has 0 aromatic heterocycles. The minimum Gasteiger partial charge on any atom is -2.00 e. The second kappa shape index (κ2) is 54.7. The zero-order chi connectivity index (χ0) is 0. The predicted molar refractivity (Wildman–Crippen MR) is 13.4 cm³/mol. The largest absolute Gasteiger partial charge is 3.00 e. The molecule has 0 bridgehead atoms. The second-order valence-corrected chi connectivity index (χ2v) is 0. The van der Waals surface area contributed by atoms with Gasteiger partial charge in [-0.15, -0.1) is 0 Å². The van der Waals surface area contributed by atoms with Gasteiger partial charge in [0.1, 0.15) is 0 Å². The molecular weight excluding hydrogens is 254 g/mol. The smallest absolute Gasteiger partial charge is 2.00 e. The molecule has 0 amide bonds. The Hall–Kier alpha value is 2.30. The fourth-order valence-corrected chi connectivity index (χ4v) is 0. The number of rotatable bonds is 0. The van der Waals surface area contributed by atoms with Crippen LogP contribution < -0.4 is 0 Å². The summed E-state index contributed by atoms with van der Waals surface area (Å²) in [6.45, 7) is 0. The Balaban J connectivity index is 0. The molecule has 0 unspecified atom stereocenters. The molecule has 0 spiro atoms. The van der Waals surface area contributed by atoms with Crippen molar-refractivity contribution in [1.29, 1.82) is 0 Å². The van der Waals surface area contributed by atoms with Gasteiger partial charge >= 0.3 is 65.4 Å². The van der Waals surface area contributed by atoms with E-state index in [1.807, 2.05) is 0 Å². The molecule has 0 saturated heterocycles. The molecule has 6 heavy (non-hydrogen) atoms. The van der Waals surface area contributed by atoms with Gasteiger partial charge in [0, 0.05) is 0 Å². The SMILES string of the molecule is [O-2].[O-2].[O-2].[SiH4].[Y+3].[Y+3]. The van der Waals surface area contributed by atoms with Gasteiger partial charge in [0.05, 0.1) is 0 Å². The predicted octanol–water partition coefficient (Wildman–Crippen LogP) is -1.81. The monoisotopic (exact) mass is 258 g/mol. The van der Waals surface area contributed by atoms with Crippen LogP contribution in [-0.4, -0.2) is 11.0 Å². The van der Waals surface area contributed by atoms with Crippen molar-refractivity contribution in [2.75, 3.05) is 0 Å². The molecule has 3 nitrogen and oxygen atoms in total. The minimum absolute atomic E-state index is 0. The Morgan fingerprint density at radius 3 is 0.500 bits per heavy atom. The van der Waals surface area contributed by atoms with Crippen molar-refractivity contribution in [2.24, 2.45) is 0 Å². The molecule has 32 valence electrons. The van der Waals surface area contributed by atoms with E-state index in [1.165, 1.54) is 0 Å². The molecule has 0 heterocycles. The molecule has 0 aliphatic carbocycles. The van der Waals surface area contributed by atoms with Crippen molar-refractivity contribution in [3.63, 3.8) is 0 Å². The summed E-state index contributed by atoms with van der Waals surface area (Å²) in [6.07, 6.45) is 0. The summed E-state index contributed by atoms with van der Waals surface area (Å²) in [5.41, 5.74) is 0. The zero-order valence-electron chi connectivity index (χ0n) is 2.38. The van der Waals surface area contributed by atoms with Crippen LogP contribution in [0.1, 0.15) is 0 Å². The van der Waals surface area contributed by atoms with E-state index >= 15 is 0 Å².